The molecule has 2 N–H and O–H groups in total. The number of nitrogens with zero attached hydrogens (tertiary/aromatic N) is 3. The highest BCUT2D eigenvalue weighted by Gasteiger charge is 2.35. The summed E-state index contributed by atoms with van der Waals surface area (Å²) < 4.78 is 59.9. The Hall–Kier alpha value is -3.60. The summed E-state index contributed by atoms with van der Waals surface area (Å²) in [5.74, 6) is -2.20. The fourth-order valence-electron chi connectivity index (χ4n) is 4.01. The maximum absolute atomic E-state index is 13.6. The summed E-state index contributed by atoms with van der Waals surface area (Å²) in [7, 11) is 1.14. The van der Waals surface area contributed by atoms with Gasteiger partial charge in [-0.25, -0.2) is 4.39 Å². The zero-order valence-electron chi connectivity index (χ0n) is 18.3. The number of carbonyl (C=O) groups excluding carboxylic acids is 2. The Labute approximate surface area is 202 Å². The van der Waals surface area contributed by atoms with E-state index in [0.29, 0.717) is 11.3 Å². The van der Waals surface area contributed by atoms with Crippen molar-refractivity contribution in [2.24, 2.45) is 5.73 Å². The number of halogens is 5. The van der Waals surface area contributed by atoms with Gasteiger partial charge in [0.1, 0.15) is 17.3 Å². The zero-order valence-corrected chi connectivity index (χ0v) is 19.1. The summed E-state index contributed by atoms with van der Waals surface area (Å²) in [5, 5.41) is 4.25. The fraction of sp³-hybridized carbons (Fsp3) is 0.261. The highest BCUT2D eigenvalue weighted by Crippen LogP contribution is 2.37. The van der Waals surface area contributed by atoms with Gasteiger partial charge < -0.3 is 15.4 Å². The second kappa shape index (κ2) is 9.21. The van der Waals surface area contributed by atoms with Gasteiger partial charge in [-0.05, 0) is 35.9 Å². The summed E-state index contributed by atoms with van der Waals surface area (Å²) in [6.07, 6.45) is -4.92. The second-order valence-corrected chi connectivity index (χ2v) is 8.32. The molecule has 0 fully saturated rings. The molecular formula is C23H19ClF4N4O3. The molecule has 0 atom stereocenters. The Bertz CT molecular complexity index is 1320. The molecule has 2 aromatic carbocycles. The van der Waals surface area contributed by atoms with Gasteiger partial charge in [0.25, 0.3) is 5.91 Å². The van der Waals surface area contributed by atoms with E-state index in [1.165, 1.54) is 33.8 Å². The molecule has 7 nitrogen and oxygen atoms in total. The van der Waals surface area contributed by atoms with E-state index in [-0.39, 0.29) is 53.6 Å². The van der Waals surface area contributed by atoms with Crippen molar-refractivity contribution in [3.05, 3.63) is 69.6 Å². The Kier molecular flexibility index (Phi) is 6.46. The lowest BCUT2D eigenvalue weighted by molar-refractivity contribution is -0.139. The Morgan fingerprint density at radius 1 is 1.17 bits per heavy atom. The third-order valence-corrected chi connectivity index (χ3v) is 5.99. The average molecular weight is 511 g/mol. The van der Waals surface area contributed by atoms with Gasteiger partial charge in [0.15, 0.2) is 0 Å². The SMILES string of the molecule is COc1ccc(CC(=O)N2CCn3nc(-c4ccc(F)c(Cl)c4)c(C(N)=O)c3C2)cc1C(F)(F)F. The number of primary amides is 1. The zero-order chi connectivity index (χ0) is 25.5. The number of hydrogen-bond donors (Lipinski definition) is 1. The molecule has 1 aliphatic heterocycles. The number of benzene rings is 2. The van der Waals surface area contributed by atoms with E-state index in [0.717, 1.165) is 19.2 Å². The van der Waals surface area contributed by atoms with Crippen molar-refractivity contribution in [1.29, 1.82) is 0 Å². The van der Waals surface area contributed by atoms with Crippen molar-refractivity contribution >= 4 is 23.4 Å². The number of hydrogen-bond acceptors (Lipinski definition) is 4. The van der Waals surface area contributed by atoms with Crippen molar-refractivity contribution in [3.63, 3.8) is 0 Å². The van der Waals surface area contributed by atoms with Crippen LogP contribution in [0.15, 0.2) is 36.4 Å². The number of aromatic nitrogens is 2. The van der Waals surface area contributed by atoms with Gasteiger partial charge in [0, 0.05) is 12.1 Å². The van der Waals surface area contributed by atoms with E-state index in [1.807, 2.05) is 0 Å². The molecule has 1 aromatic heterocycles. The third kappa shape index (κ3) is 4.81. The number of rotatable bonds is 5. The molecule has 0 saturated heterocycles. The van der Waals surface area contributed by atoms with Gasteiger partial charge in [-0.15, -0.1) is 0 Å². The predicted octanol–water partition coefficient (Wildman–Crippen LogP) is 4.05. The van der Waals surface area contributed by atoms with Crippen LogP contribution in [0.25, 0.3) is 11.3 Å². The number of amides is 2. The molecule has 0 spiro atoms. The van der Waals surface area contributed by atoms with Gasteiger partial charge in [-0.1, -0.05) is 17.7 Å². The molecule has 3 aromatic rings. The van der Waals surface area contributed by atoms with Crippen LogP contribution in [0.4, 0.5) is 17.6 Å². The van der Waals surface area contributed by atoms with Crippen molar-refractivity contribution < 1.29 is 31.9 Å². The van der Waals surface area contributed by atoms with Crippen LogP contribution in [0.5, 0.6) is 5.75 Å². The number of nitrogens with two attached hydrogens (primary N) is 1. The molecule has 0 unspecified atom stereocenters. The first-order valence-corrected chi connectivity index (χ1v) is 10.7. The molecule has 184 valence electrons. The largest absolute Gasteiger partial charge is 0.496 e. The summed E-state index contributed by atoms with van der Waals surface area (Å²) >= 11 is 5.87. The van der Waals surface area contributed by atoms with Crippen LogP contribution in [0.1, 0.15) is 27.2 Å². The average Bonchev–Trinajstić information content (AvgIpc) is 3.19. The quantitative estimate of drug-likeness (QED) is 0.524. The van der Waals surface area contributed by atoms with Crippen molar-refractivity contribution in [2.45, 2.75) is 25.7 Å². The van der Waals surface area contributed by atoms with Crippen LogP contribution in [-0.4, -0.2) is 40.1 Å². The molecule has 12 heteroatoms. The first-order valence-electron chi connectivity index (χ1n) is 10.4. The minimum atomic E-state index is -4.64. The maximum Gasteiger partial charge on any atom is 0.419 e. The predicted molar refractivity (Wildman–Crippen MR) is 118 cm³/mol. The topological polar surface area (TPSA) is 90.4 Å². The number of fused-ring (bicyclic) bond motifs is 1. The van der Waals surface area contributed by atoms with E-state index in [4.69, 9.17) is 22.1 Å². The standard InChI is InChI=1S/C23H19ClF4N4O3/c1-35-18-5-2-12(8-14(18)23(26,27)28)9-19(33)31-6-7-32-17(11-31)20(22(29)34)21(30-32)13-3-4-16(25)15(24)10-13/h2-5,8,10H,6-7,9,11H2,1H3,(H2,29,34). The van der Waals surface area contributed by atoms with Crippen molar-refractivity contribution in [3.8, 4) is 17.0 Å². The van der Waals surface area contributed by atoms with E-state index in [1.54, 1.807) is 0 Å². The van der Waals surface area contributed by atoms with Gasteiger partial charge >= 0.3 is 6.18 Å². The monoisotopic (exact) mass is 510 g/mol. The molecule has 4 rings (SSSR count). The number of carbonyl (C=O) groups is 2. The molecule has 2 amide bonds. The maximum atomic E-state index is 13.6. The minimum absolute atomic E-state index is 0.0265. The first-order chi connectivity index (χ1) is 16.5. The second-order valence-electron chi connectivity index (χ2n) is 7.91. The Morgan fingerprint density at radius 3 is 2.54 bits per heavy atom. The van der Waals surface area contributed by atoms with E-state index >= 15 is 0 Å². The number of ether oxygens (including phenoxy) is 1. The molecule has 0 bridgehead atoms. The molecule has 0 radical (unpaired) electrons. The smallest absolute Gasteiger partial charge is 0.419 e. The highest BCUT2D eigenvalue weighted by atomic mass is 35.5. The van der Waals surface area contributed by atoms with Crippen LogP contribution in [-0.2, 0) is 30.5 Å². The molecule has 2 heterocycles. The van der Waals surface area contributed by atoms with Crippen LogP contribution < -0.4 is 10.5 Å². The third-order valence-electron chi connectivity index (χ3n) is 5.70. The van der Waals surface area contributed by atoms with Gasteiger partial charge in [0.05, 0.1) is 48.5 Å². The van der Waals surface area contributed by atoms with E-state index in [2.05, 4.69) is 5.10 Å². The molecule has 35 heavy (non-hydrogen) atoms. The Balaban J connectivity index is 1.61. The van der Waals surface area contributed by atoms with Crippen LogP contribution in [0.3, 0.4) is 0 Å². The van der Waals surface area contributed by atoms with Crippen molar-refractivity contribution in [2.75, 3.05) is 13.7 Å². The summed E-state index contributed by atoms with van der Waals surface area (Å²) in [6.45, 7) is 0.422. The number of alkyl halides is 3. The lowest BCUT2D eigenvalue weighted by Gasteiger charge is -2.28. The fourth-order valence-corrected chi connectivity index (χ4v) is 4.19. The van der Waals surface area contributed by atoms with Crippen LogP contribution in [0.2, 0.25) is 5.02 Å². The summed E-state index contributed by atoms with van der Waals surface area (Å²) in [6, 6.07) is 7.32. The molecule has 0 aliphatic carbocycles. The number of methoxy groups -OCH3 is 1. The van der Waals surface area contributed by atoms with Gasteiger partial charge in [-0.2, -0.15) is 18.3 Å². The van der Waals surface area contributed by atoms with Crippen LogP contribution >= 0.6 is 11.6 Å². The van der Waals surface area contributed by atoms with Crippen molar-refractivity contribution in [1.82, 2.24) is 14.7 Å². The van der Waals surface area contributed by atoms with Crippen LogP contribution in [0, 0.1) is 5.82 Å². The Morgan fingerprint density at radius 2 is 1.91 bits per heavy atom. The lowest BCUT2D eigenvalue weighted by Crippen LogP contribution is -2.40. The first kappa shape index (κ1) is 24.5. The van der Waals surface area contributed by atoms with Gasteiger partial charge in [-0.3, -0.25) is 14.3 Å². The molecule has 1 aliphatic rings. The van der Waals surface area contributed by atoms with Gasteiger partial charge in [0.2, 0.25) is 5.91 Å². The van der Waals surface area contributed by atoms with E-state index in [9.17, 15) is 27.2 Å². The highest BCUT2D eigenvalue weighted by molar-refractivity contribution is 6.31. The normalized spacial score (nSPS) is 13.5. The molecular weight excluding hydrogens is 492 g/mol. The summed E-state index contributed by atoms with van der Waals surface area (Å²) in [5.41, 5.74) is 5.81. The lowest BCUT2D eigenvalue weighted by atomic mass is 10.0. The minimum Gasteiger partial charge on any atom is -0.496 e. The summed E-state index contributed by atoms with van der Waals surface area (Å²) in [4.78, 5) is 26.6. The molecule has 0 saturated carbocycles. The van der Waals surface area contributed by atoms with E-state index < -0.39 is 29.4 Å².